The highest BCUT2D eigenvalue weighted by Gasteiger charge is 2.33. The molecule has 0 bridgehead atoms. The molecule has 0 spiro atoms. The zero-order valence-corrected chi connectivity index (χ0v) is 14.2. The molecule has 0 radical (unpaired) electrons. The standard InChI is InChI=1S/C16H11N3O4S2/c20-11-4-3-9(6-12(11)21)7-13-15(23)19(16(24)25-13)18-14(22)10-2-1-5-17-8-10/h1-8,20-21H,(H,18,22). The van der Waals surface area contributed by atoms with E-state index in [1.54, 1.807) is 12.1 Å². The Morgan fingerprint density at radius 1 is 1.28 bits per heavy atom. The number of hydrazine groups is 1. The lowest BCUT2D eigenvalue weighted by atomic mass is 10.2. The van der Waals surface area contributed by atoms with E-state index in [1.807, 2.05) is 0 Å². The van der Waals surface area contributed by atoms with Crippen LogP contribution in [-0.2, 0) is 4.79 Å². The van der Waals surface area contributed by atoms with Gasteiger partial charge in [0.2, 0.25) is 0 Å². The number of hydrogen-bond acceptors (Lipinski definition) is 7. The summed E-state index contributed by atoms with van der Waals surface area (Å²) in [6.07, 6.45) is 4.42. The Labute approximate surface area is 152 Å². The minimum absolute atomic E-state index is 0.177. The van der Waals surface area contributed by atoms with Gasteiger partial charge in [-0.3, -0.25) is 20.0 Å². The topological polar surface area (TPSA) is 103 Å². The maximum atomic E-state index is 12.4. The van der Waals surface area contributed by atoms with E-state index in [-0.39, 0.29) is 20.7 Å². The molecule has 1 fully saturated rings. The number of rotatable bonds is 3. The number of phenols is 2. The Balaban J connectivity index is 1.79. The minimum atomic E-state index is -0.507. The van der Waals surface area contributed by atoms with Crippen molar-refractivity contribution >= 4 is 46.2 Å². The molecule has 0 unspecified atom stereocenters. The molecule has 3 rings (SSSR count). The van der Waals surface area contributed by atoms with Crippen LogP contribution in [0.25, 0.3) is 6.08 Å². The SMILES string of the molecule is O=C(NN1C(=O)C(=Cc2ccc(O)c(O)c2)SC1=S)c1cccnc1. The molecule has 1 aliphatic heterocycles. The molecule has 2 amide bonds. The first kappa shape index (κ1) is 16.9. The highest BCUT2D eigenvalue weighted by atomic mass is 32.2. The van der Waals surface area contributed by atoms with E-state index in [9.17, 15) is 19.8 Å². The Kier molecular flexibility index (Phi) is 4.68. The van der Waals surface area contributed by atoms with E-state index in [4.69, 9.17) is 12.2 Å². The highest BCUT2D eigenvalue weighted by Crippen LogP contribution is 2.33. The van der Waals surface area contributed by atoms with Crippen LogP contribution in [0.1, 0.15) is 15.9 Å². The van der Waals surface area contributed by atoms with Gasteiger partial charge in [-0.1, -0.05) is 17.8 Å². The number of benzene rings is 1. The smallest absolute Gasteiger partial charge is 0.285 e. The average molecular weight is 373 g/mol. The lowest BCUT2D eigenvalue weighted by molar-refractivity contribution is -0.123. The number of thiocarbonyl (C=S) groups is 1. The van der Waals surface area contributed by atoms with Crippen molar-refractivity contribution in [3.8, 4) is 11.5 Å². The van der Waals surface area contributed by atoms with E-state index in [1.165, 1.54) is 36.7 Å². The van der Waals surface area contributed by atoms with Crippen molar-refractivity contribution in [1.82, 2.24) is 15.4 Å². The number of carbonyl (C=O) groups is 2. The van der Waals surface area contributed by atoms with Gasteiger partial charge in [0.25, 0.3) is 11.8 Å². The number of amides is 2. The molecule has 2 aromatic rings. The number of nitrogens with zero attached hydrogens (tertiary/aromatic N) is 2. The van der Waals surface area contributed by atoms with Crippen LogP contribution in [0.3, 0.4) is 0 Å². The number of nitrogens with one attached hydrogen (secondary N) is 1. The van der Waals surface area contributed by atoms with Crippen molar-refractivity contribution in [2.75, 3.05) is 0 Å². The van der Waals surface area contributed by atoms with Crippen LogP contribution in [0.15, 0.2) is 47.6 Å². The van der Waals surface area contributed by atoms with Crippen molar-refractivity contribution in [2.45, 2.75) is 0 Å². The third-order valence-electron chi connectivity index (χ3n) is 3.23. The fourth-order valence-corrected chi connectivity index (χ4v) is 3.19. The summed E-state index contributed by atoms with van der Waals surface area (Å²) in [5, 5.41) is 19.8. The predicted molar refractivity (Wildman–Crippen MR) is 96.5 cm³/mol. The first-order chi connectivity index (χ1) is 12.0. The van der Waals surface area contributed by atoms with Crippen LogP contribution in [0.2, 0.25) is 0 Å². The zero-order valence-electron chi connectivity index (χ0n) is 12.5. The molecule has 0 atom stereocenters. The van der Waals surface area contributed by atoms with Gasteiger partial charge in [0.1, 0.15) is 0 Å². The number of carbonyl (C=O) groups excluding carboxylic acids is 2. The van der Waals surface area contributed by atoms with Crippen LogP contribution in [0.4, 0.5) is 0 Å². The summed E-state index contributed by atoms with van der Waals surface area (Å²) in [6, 6.07) is 7.34. The first-order valence-corrected chi connectivity index (χ1v) is 8.19. The van der Waals surface area contributed by atoms with Gasteiger partial charge in [-0.05, 0) is 48.1 Å². The Morgan fingerprint density at radius 2 is 2.08 bits per heavy atom. The van der Waals surface area contributed by atoms with Crippen LogP contribution >= 0.6 is 24.0 Å². The van der Waals surface area contributed by atoms with Gasteiger partial charge in [0.15, 0.2) is 15.8 Å². The van der Waals surface area contributed by atoms with Crippen molar-refractivity contribution in [2.24, 2.45) is 0 Å². The summed E-state index contributed by atoms with van der Waals surface area (Å²) in [6.45, 7) is 0. The van der Waals surface area contributed by atoms with Gasteiger partial charge < -0.3 is 10.2 Å². The normalized spacial score (nSPS) is 15.7. The molecule has 1 aliphatic rings. The fraction of sp³-hybridized carbons (Fsp3) is 0. The second-order valence-electron chi connectivity index (χ2n) is 4.95. The first-order valence-electron chi connectivity index (χ1n) is 6.96. The number of hydrogen-bond donors (Lipinski definition) is 3. The molecule has 3 N–H and O–H groups in total. The van der Waals surface area contributed by atoms with Crippen LogP contribution < -0.4 is 5.43 Å². The van der Waals surface area contributed by atoms with E-state index in [2.05, 4.69) is 10.4 Å². The van der Waals surface area contributed by atoms with Crippen molar-refractivity contribution < 1.29 is 19.8 Å². The molecule has 25 heavy (non-hydrogen) atoms. The van der Waals surface area contributed by atoms with Gasteiger partial charge in [-0.15, -0.1) is 0 Å². The van der Waals surface area contributed by atoms with Crippen molar-refractivity contribution in [3.05, 3.63) is 58.8 Å². The third kappa shape index (κ3) is 3.62. The van der Waals surface area contributed by atoms with Crippen molar-refractivity contribution in [1.29, 1.82) is 0 Å². The number of pyridine rings is 1. The average Bonchev–Trinajstić information content (AvgIpc) is 2.86. The van der Waals surface area contributed by atoms with Gasteiger partial charge in [0, 0.05) is 12.4 Å². The monoisotopic (exact) mass is 373 g/mol. The molecule has 1 aromatic heterocycles. The molecular weight excluding hydrogens is 362 g/mol. The van der Waals surface area contributed by atoms with Crippen LogP contribution in [-0.4, -0.2) is 36.3 Å². The summed E-state index contributed by atoms with van der Waals surface area (Å²) < 4.78 is 0.177. The van der Waals surface area contributed by atoms with E-state index >= 15 is 0 Å². The van der Waals surface area contributed by atoms with E-state index in [0.717, 1.165) is 16.8 Å². The second kappa shape index (κ2) is 6.91. The lowest BCUT2D eigenvalue weighted by Gasteiger charge is -2.15. The van der Waals surface area contributed by atoms with Gasteiger partial charge in [-0.25, -0.2) is 0 Å². The second-order valence-corrected chi connectivity index (χ2v) is 6.62. The number of aromatic nitrogens is 1. The van der Waals surface area contributed by atoms with E-state index < -0.39 is 11.8 Å². The molecule has 126 valence electrons. The van der Waals surface area contributed by atoms with E-state index in [0.29, 0.717) is 11.1 Å². The summed E-state index contributed by atoms with van der Waals surface area (Å²) in [7, 11) is 0. The molecule has 1 saturated heterocycles. The maximum Gasteiger partial charge on any atom is 0.285 e. The minimum Gasteiger partial charge on any atom is -0.504 e. The highest BCUT2D eigenvalue weighted by molar-refractivity contribution is 8.26. The molecule has 0 aliphatic carbocycles. The molecule has 0 saturated carbocycles. The molecular formula is C16H11N3O4S2. The summed E-state index contributed by atoms with van der Waals surface area (Å²) in [4.78, 5) is 28.7. The Bertz CT molecular complexity index is 900. The third-order valence-corrected chi connectivity index (χ3v) is 4.53. The molecule has 1 aromatic carbocycles. The summed E-state index contributed by atoms with van der Waals surface area (Å²) in [5.74, 6) is -1.55. The van der Waals surface area contributed by atoms with Gasteiger partial charge in [0.05, 0.1) is 10.5 Å². The summed E-state index contributed by atoms with van der Waals surface area (Å²) in [5.41, 5.74) is 3.25. The fourth-order valence-electron chi connectivity index (χ4n) is 2.01. The molecule has 7 nitrogen and oxygen atoms in total. The number of aromatic hydroxyl groups is 2. The Hall–Kier alpha value is -2.91. The number of thioether (sulfide) groups is 1. The number of phenolic OH excluding ortho intramolecular Hbond substituents is 2. The largest absolute Gasteiger partial charge is 0.504 e. The van der Waals surface area contributed by atoms with Crippen LogP contribution in [0, 0.1) is 0 Å². The maximum absolute atomic E-state index is 12.4. The zero-order chi connectivity index (χ0) is 18.0. The lowest BCUT2D eigenvalue weighted by Crippen LogP contribution is -2.44. The van der Waals surface area contributed by atoms with Gasteiger partial charge in [-0.2, -0.15) is 5.01 Å². The quantitative estimate of drug-likeness (QED) is 0.430. The Morgan fingerprint density at radius 3 is 2.76 bits per heavy atom. The molecule has 9 heteroatoms. The summed E-state index contributed by atoms with van der Waals surface area (Å²) >= 11 is 6.15. The molecule has 2 heterocycles. The predicted octanol–water partition coefficient (Wildman–Crippen LogP) is 2.04. The van der Waals surface area contributed by atoms with Crippen LogP contribution in [0.5, 0.6) is 11.5 Å². The van der Waals surface area contributed by atoms with Gasteiger partial charge >= 0.3 is 0 Å². The van der Waals surface area contributed by atoms with Crippen molar-refractivity contribution in [3.63, 3.8) is 0 Å².